The van der Waals surface area contributed by atoms with E-state index in [2.05, 4.69) is 5.32 Å². The summed E-state index contributed by atoms with van der Waals surface area (Å²) in [5.41, 5.74) is 1.48. The van der Waals surface area contributed by atoms with Gasteiger partial charge in [0.2, 0.25) is 5.91 Å². The van der Waals surface area contributed by atoms with E-state index in [1.165, 1.54) is 19.2 Å². The summed E-state index contributed by atoms with van der Waals surface area (Å²) in [6.45, 7) is 6.77. The van der Waals surface area contributed by atoms with Gasteiger partial charge in [-0.2, -0.15) is 0 Å². The molecule has 2 aromatic rings. The second kappa shape index (κ2) is 9.80. The van der Waals surface area contributed by atoms with Gasteiger partial charge in [0.25, 0.3) is 0 Å². The molecule has 0 aliphatic heterocycles. The van der Waals surface area contributed by atoms with Gasteiger partial charge in [-0.1, -0.05) is 12.1 Å². The van der Waals surface area contributed by atoms with Crippen molar-refractivity contribution in [2.45, 2.75) is 33.2 Å². The fourth-order valence-corrected chi connectivity index (χ4v) is 2.72. The number of amides is 1. The summed E-state index contributed by atoms with van der Waals surface area (Å²) in [5.74, 6) is 0.804. The number of hydrogen-bond donors (Lipinski definition) is 1. The van der Waals surface area contributed by atoms with Crippen molar-refractivity contribution < 1.29 is 23.4 Å². The maximum Gasteiger partial charge on any atom is 0.224 e. The molecule has 0 aliphatic carbocycles. The summed E-state index contributed by atoms with van der Waals surface area (Å²) < 4.78 is 29.8. The lowest BCUT2D eigenvalue weighted by molar-refractivity contribution is -0.121. The molecule has 0 fully saturated rings. The molecule has 6 heteroatoms. The molecule has 0 bridgehead atoms. The van der Waals surface area contributed by atoms with Crippen LogP contribution in [0.15, 0.2) is 36.4 Å². The minimum Gasteiger partial charge on any atom is -0.494 e. The lowest BCUT2D eigenvalue weighted by Crippen LogP contribution is -2.28. The maximum atomic E-state index is 13.8. The summed E-state index contributed by atoms with van der Waals surface area (Å²) in [5, 5.41) is 2.92. The van der Waals surface area contributed by atoms with E-state index in [1.54, 1.807) is 6.07 Å². The maximum absolute atomic E-state index is 13.8. The summed E-state index contributed by atoms with van der Waals surface area (Å²) in [6, 6.07) is 9.88. The number of carbonyl (C=O) groups excluding carboxylic acids is 1. The molecule has 2 aromatic carbocycles. The third-order valence-electron chi connectivity index (χ3n) is 4.03. The van der Waals surface area contributed by atoms with Gasteiger partial charge in [-0.05, 0) is 56.2 Å². The number of hydrogen-bond acceptors (Lipinski definition) is 4. The Morgan fingerprint density at radius 1 is 1.04 bits per heavy atom. The summed E-state index contributed by atoms with van der Waals surface area (Å²) in [7, 11) is 1.40. The SMILES string of the molecule is CCOc1ccc([C@@H](C)NC(=O)Cc2ccc(OC)c(F)c2)cc1OCC. The fraction of sp³-hybridized carbons (Fsp3) is 0.381. The number of carbonyl (C=O) groups is 1. The Morgan fingerprint density at radius 3 is 2.33 bits per heavy atom. The molecule has 146 valence electrons. The topological polar surface area (TPSA) is 56.8 Å². The summed E-state index contributed by atoms with van der Waals surface area (Å²) >= 11 is 0. The van der Waals surface area contributed by atoms with Crippen molar-refractivity contribution in [3.63, 3.8) is 0 Å². The van der Waals surface area contributed by atoms with Crippen LogP contribution >= 0.6 is 0 Å². The fourth-order valence-electron chi connectivity index (χ4n) is 2.72. The van der Waals surface area contributed by atoms with Crippen molar-refractivity contribution in [3.8, 4) is 17.2 Å². The van der Waals surface area contributed by atoms with Crippen LogP contribution in [-0.4, -0.2) is 26.2 Å². The third kappa shape index (κ3) is 5.61. The summed E-state index contributed by atoms with van der Waals surface area (Å²) in [6.07, 6.45) is 0.0839. The number of methoxy groups -OCH3 is 1. The van der Waals surface area contributed by atoms with Gasteiger partial charge in [0.05, 0.1) is 32.8 Å². The Hall–Kier alpha value is -2.76. The highest BCUT2D eigenvalue weighted by atomic mass is 19.1. The highest BCUT2D eigenvalue weighted by Crippen LogP contribution is 2.30. The standard InChI is InChI=1S/C21H26FNO4/c1-5-26-19-10-8-16(13-20(19)27-6-2)14(3)23-21(24)12-15-7-9-18(25-4)17(22)11-15/h7-11,13-14H,5-6,12H2,1-4H3,(H,23,24)/t14-/m1/s1. The van der Waals surface area contributed by atoms with Crippen LogP contribution in [0.1, 0.15) is 37.9 Å². The molecular weight excluding hydrogens is 349 g/mol. The van der Waals surface area contributed by atoms with Crippen molar-refractivity contribution in [3.05, 3.63) is 53.3 Å². The molecule has 0 saturated heterocycles. The normalized spacial score (nSPS) is 11.6. The zero-order valence-corrected chi connectivity index (χ0v) is 16.2. The molecule has 5 nitrogen and oxygen atoms in total. The Kier molecular flexibility index (Phi) is 7.46. The zero-order valence-electron chi connectivity index (χ0n) is 16.2. The van der Waals surface area contributed by atoms with E-state index in [4.69, 9.17) is 14.2 Å². The first-order valence-corrected chi connectivity index (χ1v) is 8.99. The minimum absolute atomic E-state index is 0.0839. The van der Waals surface area contributed by atoms with Crippen LogP contribution in [0, 0.1) is 5.82 Å². The van der Waals surface area contributed by atoms with E-state index in [0.29, 0.717) is 30.3 Å². The van der Waals surface area contributed by atoms with E-state index >= 15 is 0 Å². The molecule has 1 amide bonds. The van der Waals surface area contributed by atoms with Gasteiger partial charge in [-0.15, -0.1) is 0 Å². The Bertz CT molecular complexity index is 779. The lowest BCUT2D eigenvalue weighted by atomic mass is 10.1. The zero-order chi connectivity index (χ0) is 19.8. The smallest absolute Gasteiger partial charge is 0.224 e. The first-order valence-electron chi connectivity index (χ1n) is 8.99. The van der Waals surface area contributed by atoms with Crippen molar-refractivity contribution in [1.82, 2.24) is 5.32 Å². The second-order valence-electron chi connectivity index (χ2n) is 6.01. The van der Waals surface area contributed by atoms with Crippen LogP contribution in [0.5, 0.6) is 17.2 Å². The highest BCUT2D eigenvalue weighted by Gasteiger charge is 2.14. The molecule has 27 heavy (non-hydrogen) atoms. The van der Waals surface area contributed by atoms with E-state index in [-0.39, 0.29) is 24.1 Å². The van der Waals surface area contributed by atoms with Crippen molar-refractivity contribution in [1.29, 1.82) is 0 Å². The van der Waals surface area contributed by atoms with Crippen molar-refractivity contribution in [2.75, 3.05) is 20.3 Å². The van der Waals surface area contributed by atoms with Gasteiger partial charge in [-0.25, -0.2) is 4.39 Å². The first-order chi connectivity index (χ1) is 13.0. The van der Waals surface area contributed by atoms with Crippen molar-refractivity contribution in [2.24, 2.45) is 0 Å². The van der Waals surface area contributed by atoms with E-state index in [0.717, 1.165) is 5.56 Å². The number of rotatable bonds is 9. The predicted octanol–water partition coefficient (Wildman–Crippen LogP) is 4.05. The molecule has 0 saturated carbocycles. The molecule has 0 aromatic heterocycles. The van der Waals surface area contributed by atoms with Gasteiger partial charge >= 0.3 is 0 Å². The molecule has 2 rings (SSSR count). The minimum atomic E-state index is -0.483. The highest BCUT2D eigenvalue weighted by molar-refractivity contribution is 5.79. The monoisotopic (exact) mass is 375 g/mol. The van der Waals surface area contributed by atoms with Gasteiger partial charge in [0.15, 0.2) is 23.1 Å². The van der Waals surface area contributed by atoms with Crippen LogP contribution < -0.4 is 19.5 Å². The Morgan fingerprint density at radius 2 is 1.70 bits per heavy atom. The van der Waals surface area contributed by atoms with Crippen LogP contribution in [0.4, 0.5) is 4.39 Å². The molecule has 0 spiro atoms. The van der Waals surface area contributed by atoms with Crippen LogP contribution in [0.25, 0.3) is 0 Å². The Labute approximate surface area is 159 Å². The second-order valence-corrected chi connectivity index (χ2v) is 6.01. The van der Waals surface area contributed by atoms with Gasteiger partial charge in [-0.3, -0.25) is 4.79 Å². The average Bonchev–Trinajstić information content (AvgIpc) is 2.63. The molecule has 0 unspecified atom stereocenters. The number of nitrogens with one attached hydrogen (secondary N) is 1. The molecule has 0 radical (unpaired) electrons. The third-order valence-corrected chi connectivity index (χ3v) is 4.03. The largest absolute Gasteiger partial charge is 0.494 e. The molecule has 1 atom stereocenters. The first kappa shape index (κ1) is 20.6. The quantitative estimate of drug-likeness (QED) is 0.718. The molecule has 0 heterocycles. The van der Waals surface area contributed by atoms with E-state index < -0.39 is 5.82 Å². The lowest BCUT2D eigenvalue weighted by Gasteiger charge is -2.17. The van der Waals surface area contributed by atoms with Crippen molar-refractivity contribution >= 4 is 5.91 Å². The predicted molar refractivity (Wildman–Crippen MR) is 102 cm³/mol. The van der Waals surface area contributed by atoms with E-state index in [9.17, 15) is 9.18 Å². The summed E-state index contributed by atoms with van der Waals surface area (Å²) in [4.78, 5) is 12.3. The van der Waals surface area contributed by atoms with E-state index in [1.807, 2.05) is 39.0 Å². The van der Waals surface area contributed by atoms with Crippen LogP contribution in [-0.2, 0) is 11.2 Å². The van der Waals surface area contributed by atoms with Gasteiger partial charge < -0.3 is 19.5 Å². The molecule has 0 aliphatic rings. The van der Waals surface area contributed by atoms with Crippen LogP contribution in [0.2, 0.25) is 0 Å². The average molecular weight is 375 g/mol. The number of benzene rings is 2. The van der Waals surface area contributed by atoms with Gasteiger partial charge in [0, 0.05) is 0 Å². The van der Waals surface area contributed by atoms with Crippen LogP contribution in [0.3, 0.4) is 0 Å². The van der Waals surface area contributed by atoms with Gasteiger partial charge in [0.1, 0.15) is 0 Å². The Balaban J connectivity index is 2.05. The number of halogens is 1. The molecular formula is C21H26FNO4. The number of ether oxygens (including phenoxy) is 3. The molecule has 1 N–H and O–H groups in total.